The lowest BCUT2D eigenvalue weighted by molar-refractivity contribution is -0.119. The van der Waals surface area contributed by atoms with E-state index in [1.807, 2.05) is 24.4 Å². The highest BCUT2D eigenvalue weighted by atomic mass is 16.5. The number of carbonyl (C=O) groups excluding carboxylic acids is 1. The summed E-state index contributed by atoms with van der Waals surface area (Å²) in [7, 11) is 0. The molecule has 0 fully saturated rings. The number of H-pyrrole nitrogens is 1. The first-order valence-corrected chi connectivity index (χ1v) is 7.21. The number of hydrogen-bond donors (Lipinski definition) is 3. The molecular weight excluding hydrogens is 280 g/mol. The van der Waals surface area contributed by atoms with Gasteiger partial charge in [0.15, 0.2) is 5.82 Å². The third-order valence-electron chi connectivity index (χ3n) is 3.45. The monoisotopic (exact) mass is 298 g/mol. The van der Waals surface area contributed by atoms with Gasteiger partial charge in [0, 0.05) is 29.7 Å². The Morgan fingerprint density at radius 1 is 1.36 bits per heavy atom. The molecule has 0 spiro atoms. The van der Waals surface area contributed by atoms with Crippen molar-refractivity contribution in [2.75, 3.05) is 18.4 Å². The number of aryl methyl sites for hydroxylation is 1. The van der Waals surface area contributed by atoms with Gasteiger partial charge in [-0.25, -0.2) is 0 Å². The van der Waals surface area contributed by atoms with Crippen LogP contribution < -0.4 is 10.6 Å². The number of nitrogens with zero attached hydrogens (tertiary/aromatic N) is 1. The van der Waals surface area contributed by atoms with Crippen LogP contribution in [0.4, 0.5) is 5.82 Å². The molecule has 0 unspecified atom stereocenters. The first-order chi connectivity index (χ1) is 10.7. The largest absolute Gasteiger partial charge is 0.361 e. The molecule has 0 bridgehead atoms. The molecule has 22 heavy (non-hydrogen) atoms. The van der Waals surface area contributed by atoms with Crippen molar-refractivity contribution < 1.29 is 9.32 Å². The maximum atomic E-state index is 11.8. The van der Waals surface area contributed by atoms with Crippen molar-refractivity contribution in [3.63, 3.8) is 0 Å². The van der Waals surface area contributed by atoms with Gasteiger partial charge in [-0.2, -0.15) is 0 Å². The molecule has 114 valence electrons. The zero-order chi connectivity index (χ0) is 15.4. The Morgan fingerprint density at radius 2 is 2.23 bits per heavy atom. The molecule has 0 aliphatic carbocycles. The van der Waals surface area contributed by atoms with E-state index >= 15 is 0 Å². The van der Waals surface area contributed by atoms with Gasteiger partial charge in [0.05, 0.1) is 6.54 Å². The van der Waals surface area contributed by atoms with E-state index in [1.165, 1.54) is 10.9 Å². The number of anilines is 1. The Labute approximate surface area is 127 Å². The van der Waals surface area contributed by atoms with Crippen molar-refractivity contribution in [3.05, 3.63) is 47.9 Å². The van der Waals surface area contributed by atoms with Gasteiger partial charge in [0.1, 0.15) is 5.76 Å². The summed E-state index contributed by atoms with van der Waals surface area (Å²) >= 11 is 0. The molecule has 6 nitrogen and oxygen atoms in total. The predicted octanol–water partition coefficient (Wildman–Crippen LogP) is 2.24. The van der Waals surface area contributed by atoms with E-state index in [4.69, 9.17) is 4.52 Å². The minimum atomic E-state index is -0.0690. The SMILES string of the molecule is Cc1cc(NCC(=O)NCCc2c[nH]c3ccccc23)no1. The highest BCUT2D eigenvalue weighted by molar-refractivity contribution is 5.83. The number of aromatic amines is 1. The predicted molar refractivity (Wildman–Crippen MR) is 84.7 cm³/mol. The summed E-state index contributed by atoms with van der Waals surface area (Å²) in [5.74, 6) is 1.21. The van der Waals surface area contributed by atoms with Gasteiger partial charge in [0.25, 0.3) is 0 Å². The average Bonchev–Trinajstić information content (AvgIpc) is 3.12. The topological polar surface area (TPSA) is 83.0 Å². The van der Waals surface area contributed by atoms with Gasteiger partial charge < -0.3 is 20.1 Å². The molecule has 0 radical (unpaired) electrons. The van der Waals surface area contributed by atoms with E-state index in [1.54, 1.807) is 13.0 Å². The van der Waals surface area contributed by atoms with Crippen LogP contribution in [0.15, 0.2) is 41.1 Å². The first kappa shape index (κ1) is 14.2. The zero-order valence-electron chi connectivity index (χ0n) is 12.3. The second-order valence-electron chi connectivity index (χ2n) is 5.14. The molecule has 1 amide bonds. The minimum Gasteiger partial charge on any atom is -0.361 e. The van der Waals surface area contributed by atoms with Crippen molar-refractivity contribution in [2.24, 2.45) is 0 Å². The van der Waals surface area contributed by atoms with Crippen LogP contribution in [-0.4, -0.2) is 29.1 Å². The van der Waals surface area contributed by atoms with E-state index in [0.717, 1.165) is 11.9 Å². The van der Waals surface area contributed by atoms with Crippen LogP contribution in [0.2, 0.25) is 0 Å². The fourth-order valence-corrected chi connectivity index (χ4v) is 2.36. The number of fused-ring (bicyclic) bond motifs is 1. The first-order valence-electron chi connectivity index (χ1n) is 7.21. The zero-order valence-corrected chi connectivity index (χ0v) is 12.3. The van der Waals surface area contributed by atoms with Gasteiger partial charge >= 0.3 is 0 Å². The third-order valence-corrected chi connectivity index (χ3v) is 3.45. The van der Waals surface area contributed by atoms with Crippen LogP contribution in [0.1, 0.15) is 11.3 Å². The highest BCUT2D eigenvalue weighted by Crippen LogP contribution is 2.17. The number of para-hydroxylation sites is 1. The van der Waals surface area contributed by atoms with Gasteiger partial charge in [-0.1, -0.05) is 23.4 Å². The summed E-state index contributed by atoms with van der Waals surface area (Å²) < 4.78 is 4.92. The molecule has 1 aromatic carbocycles. The maximum absolute atomic E-state index is 11.8. The minimum absolute atomic E-state index is 0.0690. The third kappa shape index (κ3) is 3.28. The molecule has 0 atom stereocenters. The van der Waals surface area contributed by atoms with Crippen molar-refractivity contribution in [1.82, 2.24) is 15.5 Å². The van der Waals surface area contributed by atoms with Crippen LogP contribution in [0.3, 0.4) is 0 Å². The molecule has 0 aliphatic rings. The highest BCUT2D eigenvalue weighted by Gasteiger charge is 2.06. The van der Waals surface area contributed by atoms with Gasteiger partial charge in [-0.05, 0) is 25.0 Å². The number of amides is 1. The smallest absolute Gasteiger partial charge is 0.239 e. The summed E-state index contributed by atoms with van der Waals surface area (Å²) in [4.78, 5) is 15.0. The number of carbonyl (C=O) groups is 1. The van der Waals surface area contributed by atoms with Gasteiger partial charge in [0.2, 0.25) is 5.91 Å². The number of rotatable bonds is 6. The van der Waals surface area contributed by atoms with Crippen LogP contribution in [0.5, 0.6) is 0 Å². The summed E-state index contributed by atoms with van der Waals surface area (Å²) in [6.07, 6.45) is 2.78. The van der Waals surface area contributed by atoms with Crippen LogP contribution in [0, 0.1) is 6.92 Å². The molecule has 3 N–H and O–H groups in total. The van der Waals surface area contributed by atoms with Crippen LogP contribution in [0.25, 0.3) is 10.9 Å². The fourth-order valence-electron chi connectivity index (χ4n) is 2.36. The summed E-state index contributed by atoms with van der Waals surface area (Å²) in [5.41, 5.74) is 2.32. The molecule has 6 heteroatoms. The van der Waals surface area contributed by atoms with E-state index in [2.05, 4.69) is 26.8 Å². The summed E-state index contributed by atoms with van der Waals surface area (Å²) in [5, 5.41) is 10.8. The lowest BCUT2D eigenvalue weighted by atomic mass is 10.1. The number of nitrogens with one attached hydrogen (secondary N) is 3. The van der Waals surface area contributed by atoms with Crippen molar-refractivity contribution in [2.45, 2.75) is 13.3 Å². The van der Waals surface area contributed by atoms with Crippen molar-refractivity contribution >= 4 is 22.6 Å². The number of benzene rings is 1. The lowest BCUT2D eigenvalue weighted by Crippen LogP contribution is -2.31. The van der Waals surface area contributed by atoms with E-state index in [-0.39, 0.29) is 12.5 Å². The van der Waals surface area contributed by atoms with E-state index < -0.39 is 0 Å². The number of aromatic nitrogens is 2. The van der Waals surface area contributed by atoms with Crippen molar-refractivity contribution in [1.29, 1.82) is 0 Å². The Kier molecular flexibility index (Phi) is 4.09. The quantitative estimate of drug-likeness (QED) is 0.651. The standard InChI is InChI=1S/C16H18N4O2/c1-11-8-15(20-22-11)19-10-16(21)17-7-6-12-9-18-14-5-3-2-4-13(12)14/h2-5,8-9,18H,6-7,10H2,1H3,(H,17,21)(H,19,20). The van der Waals surface area contributed by atoms with Crippen LogP contribution >= 0.6 is 0 Å². The summed E-state index contributed by atoms with van der Waals surface area (Å²) in [6.45, 7) is 2.58. The molecular formula is C16H18N4O2. The second-order valence-corrected chi connectivity index (χ2v) is 5.14. The molecule has 3 aromatic rings. The lowest BCUT2D eigenvalue weighted by Gasteiger charge is -2.05. The molecule has 2 aromatic heterocycles. The van der Waals surface area contributed by atoms with Gasteiger partial charge in [-0.15, -0.1) is 0 Å². The Morgan fingerprint density at radius 3 is 3.05 bits per heavy atom. The van der Waals surface area contributed by atoms with Crippen LogP contribution in [-0.2, 0) is 11.2 Å². The molecule has 0 aliphatic heterocycles. The molecule has 0 saturated heterocycles. The number of hydrogen-bond acceptors (Lipinski definition) is 4. The average molecular weight is 298 g/mol. The van der Waals surface area contributed by atoms with E-state index in [9.17, 15) is 4.79 Å². The Balaban J connectivity index is 1.45. The summed E-state index contributed by atoms with van der Waals surface area (Å²) in [6, 6.07) is 9.89. The Hall–Kier alpha value is -2.76. The normalized spacial score (nSPS) is 10.8. The van der Waals surface area contributed by atoms with Crippen molar-refractivity contribution in [3.8, 4) is 0 Å². The van der Waals surface area contributed by atoms with Gasteiger partial charge in [-0.3, -0.25) is 4.79 Å². The molecule has 0 saturated carbocycles. The molecule has 2 heterocycles. The fraction of sp³-hybridized carbons (Fsp3) is 0.250. The van der Waals surface area contributed by atoms with E-state index in [0.29, 0.717) is 18.1 Å². The maximum Gasteiger partial charge on any atom is 0.239 e. The molecule has 3 rings (SSSR count). The Bertz CT molecular complexity index is 775. The second kappa shape index (κ2) is 6.34.